The highest BCUT2D eigenvalue weighted by molar-refractivity contribution is 7.89. The number of carbonyl (C=O) groups excluding carboxylic acids is 1. The van der Waals surface area contributed by atoms with Crippen LogP contribution in [0.1, 0.15) is 38.3 Å². The maximum atomic E-state index is 14.5. The van der Waals surface area contributed by atoms with E-state index < -0.39 is 21.4 Å². The van der Waals surface area contributed by atoms with E-state index in [2.05, 4.69) is 10.1 Å². The first-order chi connectivity index (χ1) is 18.4. The summed E-state index contributed by atoms with van der Waals surface area (Å²) < 4.78 is 45.1. The van der Waals surface area contributed by atoms with Crippen LogP contribution in [0.2, 0.25) is 5.02 Å². The number of allylic oxidation sites excluding steroid dienone is 1. The molecule has 0 atom stereocenters. The van der Waals surface area contributed by atoms with Crippen molar-refractivity contribution in [2.24, 2.45) is 0 Å². The Bertz CT molecular complexity index is 1770. The van der Waals surface area contributed by atoms with Gasteiger partial charge in [-0.25, -0.2) is 22.5 Å². The monoisotopic (exact) mass is 566 g/mol. The third kappa shape index (κ3) is 5.43. The summed E-state index contributed by atoms with van der Waals surface area (Å²) in [5.41, 5.74) is 10.3. The van der Waals surface area contributed by atoms with Crippen LogP contribution in [-0.2, 0) is 22.0 Å². The molecule has 0 fully saturated rings. The summed E-state index contributed by atoms with van der Waals surface area (Å²) in [7, 11) is -3.42. The minimum Gasteiger partial charge on any atom is -0.439 e. The van der Waals surface area contributed by atoms with Crippen molar-refractivity contribution in [1.29, 1.82) is 0 Å². The number of aryl methyl sites for hydroxylation is 2. The zero-order valence-corrected chi connectivity index (χ0v) is 22.9. The number of nitrogens with two attached hydrogens (primary N) is 1. The summed E-state index contributed by atoms with van der Waals surface area (Å²) in [4.78, 5) is 17.9. The standard InChI is InChI=1S/C28H24ClFN4O4S/c1-15-7-25(38-22-6-4-5-21(29)12-22)33-16(2)26(15)34-28(31)23(13-32-34)27(35)19-8-17-10-20(14-39(3,36)37)24(30)11-18(17)9-19/h4-7,9-13H,8,14,31H2,1-3H3. The third-order valence-electron chi connectivity index (χ3n) is 6.34. The number of pyridine rings is 1. The molecule has 2 heterocycles. The number of carbonyl (C=O) groups is 1. The molecule has 0 radical (unpaired) electrons. The molecule has 0 saturated carbocycles. The molecule has 5 rings (SSSR count). The van der Waals surface area contributed by atoms with E-state index in [1.54, 1.807) is 43.3 Å². The Morgan fingerprint density at radius 1 is 1.21 bits per heavy atom. The number of benzene rings is 2. The van der Waals surface area contributed by atoms with Crippen molar-refractivity contribution in [1.82, 2.24) is 14.8 Å². The van der Waals surface area contributed by atoms with Gasteiger partial charge in [-0.2, -0.15) is 5.10 Å². The average molecular weight is 567 g/mol. The molecule has 2 N–H and O–H groups in total. The Morgan fingerprint density at radius 2 is 1.97 bits per heavy atom. The number of sulfone groups is 1. The lowest BCUT2D eigenvalue weighted by Gasteiger charge is -2.14. The molecule has 1 aliphatic rings. The number of nitrogen functional groups attached to an aromatic ring is 1. The second-order valence-electron chi connectivity index (χ2n) is 9.51. The second-order valence-corrected chi connectivity index (χ2v) is 12.1. The van der Waals surface area contributed by atoms with Crippen LogP contribution in [0.15, 0.2) is 54.2 Å². The largest absolute Gasteiger partial charge is 0.439 e. The van der Waals surface area contributed by atoms with Crippen molar-refractivity contribution in [3.05, 3.63) is 98.6 Å². The fourth-order valence-electron chi connectivity index (χ4n) is 4.65. The number of anilines is 1. The van der Waals surface area contributed by atoms with E-state index in [0.717, 1.165) is 11.8 Å². The van der Waals surface area contributed by atoms with Gasteiger partial charge in [0.05, 0.1) is 28.9 Å². The highest BCUT2D eigenvalue weighted by atomic mass is 35.5. The smallest absolute Gasteiger partial charge is 0.219 e. The number of hydrogen-bond donors (Lipinski definition) is 1. The van der Waals surface area contributed by atoms with Crippen molar-refractivity contribution >= 4 is 39.1 Å². The van der Waals surface area contributed by atoms with Gasteiger partial charge in [-0.05, 0) is 60.9 Å². The van der Waals surface area contributed by atoms with Crippen LogP contribution in [0, 0.1) is 19.7 Å². The number of ether oxygens (including phenoxy) is 1. The average Bonchev–Trinajstić information content (AvgIpc) is 3.41. The number of fused-ring (bicyclic) bond motifs is 1. The first-order valence-corrected chi connectivity index (χ1v) is 14.3. The number of nitrogens with zero attached hydrogens (tertiary/aromatic N) is 3. The van der Waals surface area contributed by atoms with Crippen LogP contribution in [-0.4, -0.2) is 35.2 Å². The van der Waals surface area contributed by atoms with Crippen LogP contribution >= 0.6 is 11.6 Å². The fourth-order valence-corrected chi connectivity index (χ4v) is 5.62. The van der Waals surface area contributed by atoms with Gasteiger partial charge in [-0.3, -0.25) is 4.79 Å². The summed E-state index contributed by atoms with van der Waals surface area (Å²) in [6.45, 7) is 3.64. The van der Waals surface area contributed by atoms with E-state index in [-0.39, 0.29) is 29.1 Å². The maximum Gasteiger partial charge on any atom is 0.219 e. The van der Waals surface area contributed by atoms with Crippen molar-refractivity contribution in [3.8, 4) is 17.3 Å². The molecule has 0 saturated heterocycles. The van der Waals surface area contributed by atoms with Gasteiger partial charge in [0.25, 0.3) is 0 Å². The molecule has 0 amide bonds. The number of Topliss-reactive ketones (excluding diaryl/α,β-unsaturated/α-hetero) is 1. The van der Waals surface area contributed by atoms with E-state index in [4.69, 9.17) is 22.1 Å². The van der Waals surface area contributed by atoms with Crippen LogP contribution in [0.25, 0.3) is 11.8 Å². The summed E-state index contributed by atoms with van der Waals surface area (Å²) in [6, 6.07) is 11.5. The number of ketones is 1. The number of hydrogen-bond acceptors (Lipinski definition) is 7. The normalized spacial score (nSPS) is 12.8. The summed E-state index contributed by atoms with van der Waals surface area (Å²) in [5.74, 6) is -0.332. The molecule has 1 aliphatic carbocycles. The van der Waals surface area contributed by atoms with Gasteiger partial charge in [-0.1, -0.05) is 23.7 Å². The molecule has 2 aromatic heterocycles. The van der Waals surface area contributed by atoms with E-state index >= 15 is 0 Å². The maximum absolute atomic E-state index is 14.5. The van der Waals surface area contributed by atoms with Crippen molar-refractivity contribution in [2.75, 3.05) is 12.0 Å². The Labute approximate surface area is 229 Å². The van der Waals surface area contributed by atoms with E-state index in [1.807, 2.05) is 6.92 Å². The minimum absolute atomic E-state index is 0.0759. The van der Waals surface area contributed by atoms with Crippen LogP contribution in [0.4, 0.5) is 10.2 Å². The van der Waals surface area contributed by atoms with Gasteiger partial charge in [0.2, 0.25) is 5.88 Å². The van der Waals surface area contributed by atoms with Gasteiger partial charge in [0, 0.05) is 34.9 Å². The first kappa shape index (κ1) is 26.6. The summed E-state index contributed by atoms with van der Waals surface area (Å²) in [6.07, 6.45) is 4.27. The number of rotatable bonds is 7. The Morgan fingerprint density at radius 3 is 2.67 bits per heavy atom. The Kier molecular flexibility index (Phi) is 6.77. The van der Waals surface area contributed by atoms with Gasteiger partial charge in [0.1, 0.15) is 17.4 Å². The molecule has 0 bridgehead atoms. The molecule has 0 spiro atoms. The number of aromatic nitrogens is 3. The quantitative estimate of drug-likeness (QED) is 0.297. The summed E-state index contributed by atoms with van der Waals surface area (Å²) in [5, 5.41) is 4.90. The van der Waals surface area contributed by atoms with Gasteiger partial charge >= 0.3 is 0 Å². The van der Waals surface area contributed by atoms with Crippen LogP contribution < -0.4 is 10.5 Å². The summed E-state index contributed by atoms with van der Waals surface area (Å²) >= 11 is 6.04. The molecule has 8 nitrogen and oxygen atoms in total. The van der Waals surface area contributed by atoms with E-state index in [1.165, 1.54) is 23.0 Å². The lowest BCUT2D eigenvalue weighted by molar-refractivity contribution is 0.103. The highest BCUT2D eigenvalue weighted by Gasteiger charge is 2.26. The molecular formula is C28H24ClFN4O4S. The molecular weight excluding hydrogens is 543 g/mol. The molecule has 2 aromatic carbocycles. The molecule has 0 unspecified atom stereocenters. The third-order valence-corrected chi connectivity index (χ3v) is 7.41. The zero-order chi connectivity index (χ0) is 28.1. The Hall–Kier alpha value is -4.02. The lowest BCUT2D eigenvalue weighted by Crippen LogP contribution is -2.11. The minimum atomic E-state index is -3.42. The van der Waals surface area contributed by atoms with E-state index in [0.29, 0.717) is 44.7 Å². The topological polar surface area (TPSA) is 117 Å². The van der Waals surface area contributed by atoms with Crippen molar-refractivity contribution in [2.45, 2.75) is 26.0 Å². The SMILES string of the molecule is Cc1cc(Oc2cccc(Cl)c2)nc(C)c1-n1ncc(C(=O)C2=Cc3cc(F)c(CS(C)(=O)=O)cc3C2)c1N. The van der Waals surface area contributed by atoms with Gasteiger partial charge < -0.3 is 10.5 Å². The van der Waals surface area contributed by atoms with Crippen LogP contribution in [0.3, 0.4) is 0 Å². The first-order valence-electron chi connectivity index (χ1n) is 11.9. The van der Waals surface area contributed by atoms with Crippen molar-refractivity contribution < 1.29 is 22.3 Å². The molecule has 200 valence electrons. The van der Waals surface area contributed by atoms with Crippen LogP contribution in [0.5, 0.6) is 11.6 Å². The molecule has 39 heavy (non-hydrogen) atoms. The molecule has 4 aromatic rings. The predicted octanol–water partition coefficient (Wildman–Crippen LogP) is 5.42. The lowest BCUT2D eigenvalue weighted by atomic mass is 10.0. The van der Waals surface area contributed by atoms with Gasteiger partial charge in [-0.15, -0.1) is 0 Å². The zero-order valence-electron chi connectivity index (χ0n) is 21.3. The highest BCUT2D eigenvalue weighted by Crippen LogP contribution is 2.33. The van der Waals surface area contributed by atoms with Gasteiger partial charge in [0.15, 0.2) is 15.6 Å². The molecule has 11 heteroatoms. The predicted molar refractivity (Wildman–Crippen MR) is 148 cm³/mol. The van der Waals surface area contributed by atoms with E-state index in [9.17, 15) is 17.6 Å². The number of halogens is 2. The molecule has 0 aliphatic heterocycles. The van der Waals surface area contributed by atoms with Crippen molar-refractivity contribution in [3.63, 3.8) is 0 Å². The Balaban J connectivity index is 1.41. The second kappa shape index (κ2) is 9.94. The fraction of sp³-hybridized carbons (Fsp3) is 0.179.